The predicted octanol–water partition coefficient (Wildman–Crippen LogP) is 4.90. The number of fused-ring (bicyclic) bond motifs is 1. The van der Waals surface area contributed by atoms with Crippen LogP contribution in [-0.2, 0) is 4.79 Å². The number of nitrogens with one attached hydrogen (secondary N) is 1. The molecule has 6 nitrogen and oxygen atoms in total. The van der Waals surface area contributed by atoms with Gasteiger partial charge in [-0.2, -0.15) is 0 Å². The summed E-state index contributed by atoms with van der Waals surface area (Å²) in [6.45, 7) is 7.81. The molecule has 0 radical (unpaired) electrons. The molecule has 1 N–H and O–H groups in total. The fraction of sp³-hybridized carbons (Fsp3) is 0.269. The second kappa shape index (κ2) is 9.19. The molecule has 5 rings (SSSR count). The van der Waals surface area contributed by atoms with Crippen molar-refractivity contribution in [1.82, 2.24) is 15.2 Å². The van der Waals surface area contributed by atoms with Crippen LogP contribution in [0.4, 0.5) is 14.9 Å². The molecule has 2 aromatic carbocycles. The van der Waals surface area contributed by atoms with Gasteiger partial charge in [-0.05, 0) is 66.9 Å². The number of rotatable bonds is 4. The van der Waals surface area contributed by atoms with E-state index < -0.39 is 5.91 Å². The van der Waals surface area contributed by atoms with Gasteiger partial charge in [0.1, 0.15) is 5.82 Å². The molecule has 0 spiro atoms. The molecule has 3 aromatic rings. The Morgan fingerprint density at radius 2 is 1.85 bits per heavy atom. The number of nitrogens with zero attached hydrogens (tertiary/aromatic N) is 3. The first-order chi connectivity index (χ1) is 16.4. The molecule has 174 valence electrons. The minimum absolute atomic E-state index is 0.259. The van der Waals surface area contributed by atoms with Gasteiger partial charge in [0.25, 0.3) is 11.1 Å². The number of carbonyl (C=O) groups excluding carboxylic acids is 2. The molecule has 0 bridgehead atoms. The van der Waals surface area contributed by atoms with Crippen molar-refractivity contribution < 1.29 is 14.0 Å². The molecule has 0 unspecified atom stereocenters. The standard InChI is InChI=1S/C26H25FN4O2S/c1-16(2)30-9-11-31(12-10-30)22-6-5-19(15-21(22)27)24-20-13-17(3-4-18(20)7-8-28-24)14-23-25(32)29-26(33)34-23/h3-8,13-16H,9-12H2,1-2H3,(H,29,32,33). The zero-order valence-electron chi connectivity index (χ0n) is 19.0. The highest BCUT2D eigenvalue weighted by Crippen LogP contribution is 2.32. The van der Waals surface area contributed by atoms with E-state index in [1.807, 2.05) is 36.4 Å². The van der Waals surface area contributed by atoms with Gasteiger partial charge in [0.15, 0.2) is 0 Å². The van der Waals surface area contributed by atoms with Gasteiger partial charge in [0.05, 0.1) is 16.3 Å². The van der Waals surface area contributed by atoms with E-state index in [2.05, 4.69) is 33.9 Å². The van der Waals surface area contributed by atoms with Crippen LogP contribution in [0, 0.1) is 5.82 Å². The monoisotopic (exact) mass is 476 g/mol. The smallest absolute Gasteiger partial charge is 0.290 e. The molecule has 2 aliphatic rings. The number of amides is 2. The van der Waals surface area contributed by atoms with Crippen molar-refractivity contribution in [3.63, 3.8) is 0 Å². The number of piperazine rings is 1. The normalized spacial score (nSPS) is 18.4. The number of halogens is 1. The lowest BCUT2D eigenvalue weighted by Crippen LogP contribution is -2.49. The van der Waals surface area contributed by atoms with E-state index in [0.29, 0.717) is 27.9 Å². The summed E-state index contributed by atoms with van der Waals surface area (Å²) in [5, 5.41) is 3.70. The number of anilines is 1. The summed E-state index contributed by atoms with van der Waals surface area (Å²) >= 11 is 0.882. The molecule has 8 heteroatoms. The third-order valence-electron chi connectivity index (χ3n) is 6.34. The van der Waals surface area contributed by atoms with E-state index in [1.165, 1.54) is 0 Å². The van der Waals surface area contributed by atoms with Crippen molar-refractivity contribution in [2.45, 2.75) is 19.9 Å². The molecular weight excluding hydrogens is 451 g/mol. The van der Waals surface area contributed by atoms with Gasteiger partial charge in [-0.15, -0.1) is 0 Å². The van der Waals surface area contributed by atoms with Crippen LogP contribution in [0.3, 0.4) is 0 Å². The second-order valence-electron chi connectivity index (χ2n) is 8.78. The van der Waals surface area contributed by atoms with Crippen LogP contribution in [0.15, 0.2) is 53.6 Å². The number of hydrogen-bond acceptors (Lipinski definition) is 6. The number of carbonyl (C=O) groups is 2. The molecule has 2 saturated heterocycles. The van der Waals surface area contributed by atoms with Crippen molar-refractivity contribution in [1.29, 1.82) is 0 Å². The van der Waals surface area contributed by atoms with Gasteiger partial charge in [0, 0.05) is 49.4 Å². The molecule has 0 atom stereocenters. The molecule has 34 heavy (non-hydrogen) atoms. The SMILES string of the molecule is CC(C)N1CCN(c2ccc(-c3nccc4ccc(C=C5SC(=O)NC5=O)cc34)cc2F)CC1. The second-order valence-corrected chi connectivity index (χ2v) is 9.79. The van der Waals surface area contributed by atoms with Gasteiger partial charge in [-0.3, -0.25) is 24.8 Å². The maximum atomic E-state index is 15.2. The third-order valence-corrected chi connectivity index (χ3v) is 7.15. The van der Waals surface area contributed by atoms with Crippen LogP contribution in [0.1, 0.15) is 19.4 Å². The number of imide groups is 1. The number of pyridine rings is 1. The summed E-state index contributed by atoms with van der Waals surface area (Å²) in [5.41, 5.74) is 2.76. The quantitative estimate of drug-likeness (QED) is 0.541. The molecule has 0 aliphatic carbocycles. The summed E-state index contributed by atoms with van der Waals surface area (Å²) in [6.07, 6.45) is 3.40. The van der Waals surface area contributed by atoms with E-state index in [0.717, 1.165) is 54.3 Å². The highest BCUT2D eigenvalue weighted by molar-refractivity contribution is 8.18. The summed E-state index contributed by atoms with van der Waals surface area (Å²) < 4.78 is 15.2. The van der Waals surface area contributed by atoms with Crippen LogP contribution in [0.2, 0.25) is 0 Å². The largest absolute Gasteiger partial charge is 0.367 e. The Morgan fingerprint density at radius 3 is 2.53 bits per heavy atom. The Kier molecular flexibility index (Phi) is 6.10. The van der Waals surface area contributed by atoms with Crippen LogP contribution >= 0.6 is 11.8 Å². The number of thioether (sulfide) groups is 1. The number of hydrogen-bond donors (Lipinski definition) is 1. The molecule has 1 aromatic heterocycles. The predicted molar refractivity (Wildman–Crippen MR) is 135 cm³/mol. The van der Waals surface area contributed by atoms with Crippen molar-refractivity contribution in [3.05, 3.63) is 64.9 Å². The van der Waals surface area contributed by atoms with Crippen LogP contribution < -0.4 is 10.2 Å². The summed E-state index contributed by atoms with van der Waals surface area (Å²) in [5.74, 6) is -0.654. The van der Waals surface area contributed by atoms with E-state index in [1.54, 1.807) is 18.3 Å². The minimum Gasteiger partial charge on any atom is -0.367 e. The molecule has 2 aliphatic heterocycles. The lowest BCUT2D eigenvalue weighted by Gasteiger charge is -2.38. The lowest BCUT2D eigenvalue weighted by atomic mass is 10.0. The highest BCUT2D eigenvalue weighted by atomic mass is 32.2. The van der Waals surface area contributed by atoms with Crippen LogP contribution in [-0.4, -0.2) is 53.3 Å². The van der Waals surface area contributed by atoms with Gasteiger partial charge in [0.2, 0.25) is 0 Å². The van der Waals surface area contributed by atoms with E-state index in [9.17, 15) is 9.59 Å². The van der Waals surface area contributed by atoms with Crippen molar-refractivity contribution >= 4 is 45.4 Å². The molecule has 2 fully saturated rings. The summed E-state index contributed by atoms with van der Waals surface area (Å²) in [6, 6.07) is 13.4. The van der Waals surface area contributed by atoms with Gasteiger partial charge in [-0.25, -0.2) is 4.39 Å². The van der Waals surface area contributed by atoms with Crippen LogP contribution in [0.5, 0.6) is 0 Å². The Bertz CT molecular complexity index is 1320. The van der Waals surface area contributed by atoms with Gasteiger partial charge >= 0.3 is 0 Å². The fourth-order valence-electron chi connectivity index (χ4n) is 4.47. The van der Waals surface area contributed by atoms with Crippen molar-refractivity contribution in [3.8, 4) is 11.3 Å². The first kappa shape index (κ1) is 22.6. The third kappa shape index (κ3) is 4.43. The van der Waals surface area contributed by atoms with E-state index in [-0.39, 0.29) is 11.1 Å². The summed E-state index contributed by atoms with van der Waals surface area (Å²) in [4.78, 5) is 32.8. The lowest BCUT2D eigenvalue weighted by molar-refractivity contribution is -0.115. The van der Waals surface area contributed by atoms with E-state index >= 15 is 4.39 Å². The van der Waals surface area contributed by atoms with Crippen LogP contribution in [0.25, 0.3) is 28.1 Å². The molecular formula is C26H25FN4O2S. The van der Waals surface area contributed by atoms with E-state index in [4.69, 9.17) is 0 Å². The Morgan fingerprint density at radius 1 is 1.06 bits per heavy atom. The highest BCUT2D eigenvalue weighted by Gasteiger charge is 2.25. The summed E-state index contributed by atoms with van der Waals surface area (Å²) in [7, 11) is 0. The zero-order chi connectivity index (χ0) is 23.8. The minimum atomic E-state index is -0.395. The van der Waals surface area contributed by atoms with Gasteiger partial charge < -0.3 is 4.90 Å². The fourth-order valence-corrected chi connectivity index (χ4v) is 5.15. The Balaban J connectivity index is 1.46. The topological polar surface area (TPSA) is 65.5 Å². The average molecular weight is 477 g/mol. The number of aromatic nitrogens is 1. The molecule has 0 saturated carbocycles. The maximum Gasteiger partial charge on any atom is 0.290 e. The maximum absolute atomic E-state index is 15.2. The Hall–Kier alpha value is -3.23. The molecule has 2 amide bonds. The van der Waals surface area contributed by atoms with Crippen molar-refractivity contribution in [2.75, 3.05) is 31.1 Å². The van der Waals surface area contributed by atoms with Crippen molar-refractivity contribution in [2.24, 2.45) is 0 Å². The first-order valence-corrected chi connectivity index (χ1v) is 12.1. The Labute approximate surface area is 201 Å². The van der Waals surface area contributed by atoms with Gasteiger partial charge in [-0.1, -0.05) is 18.2 Å². The average Bonchev–Trinajstić information content (AvgIpc) is 3.15. The number of benzene rings is 2. The first-order valence-electron chi connectivity index (χ1n) is 11.3. The molecule has 3 heterocycles. The zero-order valence-corrected chi connectivity index (χ0v) is 19.9.